The van der Waals surface area contributed by atoms with Gasteiger partial charge in [0.1, 0.15) is 0 Å². The van der Waals surface area contributed by atoms with Crippen molar-refractivity contribution in [3.63, 3.8) is 0 Å². The summed E-state index contributed by atoms with van der Waals surface area (Å²) >= 11 is 3.50. The number of halogens is 1. The molecule has 1 saturated carbocycles. The van der Waals surface area contributed by atoms with Gasteiger partial charge in [0.25, 0.3) is 0 Å². The molecule has 1 atom stereocenters. The quantitative estimate of drug-likeness (QED) is 0.652. The van der Waals surface area contributed by atoms with E-state index < -0.39 is 0 Å². The molecule has 1 rings (SSSR count). The molecule has 0 N–H and O–H groups in total. The van der Waals surface area contributed by atoms with E-state index in [1.807, 2.05) is 0 Å². The molecule has 0 amide bonds. The average molecular weight is 248 g/mol. The van der Waals surface area contributed by atoms with Gasteiger partial charge in [0.15, 0.2) is 0 Å². The Balaban J connectivity index is 2.03. The summed E-state index contributed by atoms with van der Waals surface area (Å²) in [5.74, 6) is 0.877. The Hall–Kier alpha value is 0.440. The summed E-state index contributed by atoms with van der Waals surface area (Å²) < 4.78 is 0. The molecule has 0 bridgehead atoms. The zero-order chi connectivity index (χ0) is 9.68. The summed E-state index contributed by atoms with van der Waals surface area (Å²) in [5, 5.41) is 1.15. The molecule has 0 aromatic rings. The Bertz CT molecular complexity index is 134. The minimum atomic E-state index is 0.877. The fourth-order valence-corrected chi connectivity index (χ4v) is 2.55. The lowest BCUT2D eigenvalue weighted by molar-refractivity contribution is 0.151. The van der Waals surface area contributed by atoms with Gasteiger partial charge in [-0.2, -0.15) is 0 Å². The molecule has 1 nitrogen and oxygen atoms in total. The third-order valence-electron chi connectivity index (χ3n) is 3.27. The van der Waals surface area contributed by atoms with Crippen molar-refractivity contribution in [3.05, 3.63) is 0 Å². The lowest BCUT2D eigenvalue weighted by atomic mass is 9.91. The first-order valence-corrected chi connectivity index (χ1v) is 6.62. The van der Waals surface area contributed by atoms with Gasteiger partial charge in [-0.15, -0.1) is 0 Å². The highest BCUT2D eigenvalue weighted by Crippen LogP contribution is 2.24. The van der Waals surface area contributed by atoms with Crippen molar-refractivity contribution in [2.24, 2.45) is 5.92 Å². The monoisotopic (exact) mass is 247 g/mol. The number of nitrogens with zero attached hydrogens (tertiary/aromatic N) is 1. The molecular formula is C11H22BrN. The first-order valence-electron chi connectivity index (χ1n) is 5.50. The van der Waals surface area contributed by atoms with Crippen molar-refractivity contribution in [1.29, 1.82) is 0 Å². The maximum atomic E-state index is 3.50. The third kappa shape index (κ3) is 3.99. The van der Waals surface area contributed by atoms with Crippen LogP contribution in [0, 0.1) is 5.92 Å². The maximum Gasteiger partial charge on any atom is 0.00922 e. The van der Waals surface area contributed by atoms with Crippen LogP contribution in [-0.4, -0.2) is 29.9 Å². The average Bonchev–Trinajstić information content (AvgIpc) is 1.98. The molecule has 78 valence electrons. The summed E-state index contributed by atoms with van der Waals surface area (Å²) in [6, 6.07) is 0.913. The van der Waals surface area contributed by atoms with Crippen molar-refractivity contribution in [3.8, 4) is 0 Å². The molecule has 0 saturated heterocycles. The highest BCUT2D eigenvalue weighted by molar-refractivity contribution is 9.09. The Morgan fingerprint density at radius 3 is 2.54 bits per heavy atom. The molecule has 0 aromatic heterocycles. The molecule has 0 aromatic carbocycles. The van der Waals surface area contributed by atoms with E-state index in [0.717, 1.165) is 17.3 Å². The maximum absolute atomic E-state index is 3.50. The Labute approximate surface area is 91.0 Å². The van der Waals surface area contributed by atoms with Crippen molar-refractivity contribution >= 4 is 15.9 Å². The third-order valence-corrected chi connectivity index (χ3v) is 3.73. The van der Waals surface area contributed by atoms with Crippen molar-refractivity contribution < 1.29 is 0 Å². The van der Waals surface area contributed by atoms with Crippen LogP contribution < -0.4 is 0 Å². The number of hydrogen-bond donors (Lipinski definition) is 0. The Morgan fingerprint density at radius 1 is 1.38 bits per heavy atom. The molecule has 0 radical (unpaired) electrons. The summed E-state index contributed by atoms with van der Waals surface area (Å²) in [6.07, 6.45) is 7.00. The van der Waals surface area contributed by atoms with Crippen LogP contribution in [0.25, 0.3) is 0 Å². The highest BCUT2D eigenvalue weighted by atomic mass is 79.9. The van der Waals surface area contributed by atoms with Crippen LogP contribution >= 0.6 is 15.9 Å². The summed E-state index contributed by atoms with van der Waals surface area (Å²) in [7, 11) is 2.28. The fourth-order valence-electron chi connectivity index (χ4n) is 1.76. The summed E-state index contributed by atoms with van der Waals surface area (Å²) in [4.78, 5) is 2.55. The van der Waals surface area contributed by atoms with Crippen LogP contribution in [0.3, 0.4) is 0 Å². The molecule has 2 heteroatoms. The molecule has 1 aliphatic carbocycles. The van der Waals surface area contributed by atoms with E-state index in [1.165, 1.54) is 38.6 Å². The summed E-state index contributed by atoms with van der Waals surface area (Å²) in [5.41, 5.74) is 0. The molecule has 0 spiro atoms. The van der Waals surface area contributed by atoms with Crippen LogP contribution in [-0.2, 0) is 0 Å². The molecule has 1 aliphatic rings. The van der Waals surface area contributed by atoms with Crippen molar-refractivity contribution in [2.45, 2.75) is 45.1 Å². The van der Waals surface area contributed by atoms with E-state index in [9.17, 15) is 0 Å². The van der Waals surface area contributed by atoms with Gasteiger partial charge in [-0.1, -0.05) is 29.3 Å². The minimum absolute atomic E-state index is 0.877. The van der Waals surface area contributed by atoms with E-state index >= 15 is 0 Å². The molecule has 1 fully saturated rings. The van der Waals surface area contributed by atoms with Gasteiger partial charge >= 0.3 is 0 Å². The lowest BCUT2D eigenvalue weighted by Crippen LogP contribution is -2.38. The number of alkyl halides is 1. The topological polar surface area (TPSA) is 3.24 Å². The van der Waals surface area contributed by atoms with Gasteiger partial charge in [-0.25, -0.2) is 0 Å². The Morgan fingerprint density at radius 2 is 2.08 bits per heavy atom. The second-order valence-electron chi connectivity index (χ2n) is 4.44. The van der Waals surface area contributed by atoms with Gasteiger partial charge in [0.2, 0.25) is 0 Å². The lowest BCUT2D eigenvalue weighted by Gasteiger charge is -2.35. The Kier molecular flexibility index (Phi) is 5.34. The van der Waals surface area contributed by atoms with Crippen LogP contribution in [0.2, 0.25) is 0 Å². The largest absolute Gasteiger partial charge is 0.303 e. The smallest absolute Gasteiger partial charge is 0.00922 e. The molecular weight excluding hydrogens is 226 g/mol. The first-order chi connectivity index (χ1) is 6.24. The summed E-state index contributed by atoms with van der Waals surface area (Å²) in [6.45, 7) is 3.65. The standard InChI is InChI=1S/C11H22BrN/c1-10(6-8-12)7-9-13(2)11-4-3-5-11/h10-11H,3-9H2,1-2H3. The molecule has 1 unspecified atom stereocenters. The van der Waals surface area contributed by atoms with E-state index in [2.05, 4.69) is 34.8 Å². The second kappa shape index (κ2) is 6.02. The van der Waals surface area contributed by atoms with Crippen molar-refractivity contribution in [1.82, 2.24) is 4.90 Å². The van der Waals surface area contributed by atoms with Crippen LogP contribution in [0.5, 0.6) is 0 Å². The number of hydrogen-bond acceptors (Lipinski definition) is 1. The van der Waals surface area contributed by atoms with Crippen molar-refractivity contribution in [2.75, 3.05) is 18.9 Å². The highest BCUT2D eigenvalue weighted by Gasteiger charge is 2.21. The normalized spacial score (nSPS) is 20.3. The van der Waals surface area contributed by atoms with Gasteiger partial charge in [-0.3, -0.25) is 0 Å². The second-order valence-corrected chi connectivity index (χ2v) is 5.23. The molecule has 0 heterocycles. The zero-order valence-electron chi connectivity index (χ0n) is 8.93. The van der Waals surface area contributed by atoms with Crippen LogP contribution in [0.4, 0.5) is 0 Å². The van der Waals surface area contributed by atoms with Gasteiger partial charge in [0.05, 0.1) is 0 Å². The van der Waals surface area contributed by atoms with E-state index in [0.29, 0.717) is 0 Å². The predicted octanol–water partition coefficient (Wildman–Crippen LogP) is 3.28. The van der Waals surface area contributed by atoms with E-state index in [-0.39, 0.29) is 0 Å². The van der Waals surface area contributed by atoms with Crippen LogP contribution in [0.15, 0.2) is 0 Å². The SMILES string of the molecule is CC(CCBr)CCN(C)C1CCC1. The van der Waals surface area contributed by atoms with Crippen LogP contribution in [0.1, 0.15) is 39.0 Å². The van der Waals surface area contributed by atoms with Gasteiger partial charge < -0.3 is 4.90 Å². The van der Waals surface area contributed by atoms with E-state index in [4.69, 9.17) is 0 Å². The van der Waals surface area contributed by atoms with E-state index in [1.54, 1.807) is 0 Å². The first kappa shape index (κ1) is 11.5. The van der Waals surface area contributed by atoms with Gasteiger partial charge in [-0.05, 0) is 45.2 Å². The number of rotatable bonds is 6. The van der Waals surface area contributed by atoms with Gasteiger partial charge in [0, 0.05) is 11.4 Å². The molecule has 0 aliphatic heterocycles. The predicted molar refractivity (Wildman–Crippen MR) is 62.5 cm³/mol. The zero-order valence-corrected chi connectivity index (χ0v) is 10.5. The molecule has 13 heavy (non-hydrogen) atoms. The fraction of sp³-hybridized carbons (Fsp3) is 1.00. The minimum Gasteiger partial charge on any atom is -0.303 e.